The maximum Gasteiger partial charge on any atom is 0.348 e. The molecule has 17 heavy (non-hydrogen) atoms. The number of rotatable bonds is 3. The van der Waals surface area contributed by atoms with Crippen LogP contribution in [0.4, 0.5) is 5.00 Å². The summed E-state index contributed by atoms with van der Waals surface area (Å²) in [7, 11) is 0. The molecule has 0 aliphatic carbocycles. The Morgan fingerprint density at radius 2 is 2.24 bits per heavy atom. The first-order valence-electron chi connectivity index (χ1n) is 5.96. The first-order chi connectivity index (χ1) is 8.17. The van der Waals surface area contributed by atoms with E-state index >= 15 is 0 Å². The summed E-state index contributed by atoms with van der Waals surface area (Å²) in [6.07, 6.45) is 0.894. The molecule has 0 saturated carbocycles. The lowest BCUT2D eigenvalue weighted by molar-refractivity contribution is 0.0530. The zero-order chi connectivity index (χ0) is 12.4. The van der Waals surface area contributed by atoms with Gasteiger partial charge >= 0.3 is 5.97 Å². The fourth-order valence-electron chi connectivity index (χ4n) is 2.16. The minimum Gasteiger partial charge on any atom is -0.462 e. The van der Waals surface area contributed by atoms with Crippen molar-refractivity contribution < 1.29 is 9.53 Å². The Morgan fingerprint density at radius 3 is 2.88 bits per heavy atom. The Labute approximate surface area is 105 Å². The van der Waals surface area contributed by atoms with Gasteiger partial charge in [0.2, 0.25) is 0 Å². The summed E-state index contributed by atoms with van der Waals surface area (Å²) in [5.74, 6) is -0.226. The smallest absolute Gasteiger partial charge is 0.348 e. The molecule has 2 heterocycles. The van der Waals surface area contributed by atoms with Gasteiger partial charge in [-0.05, 0) is 25.5 Å². The lowest BCUT2D eigenvalue weighted by Crippen LogP contribution is -2.30. The summed E-state index contributed by atoms with van der Waals surface area (Å²) in [4.78, 5) is 14.8. The van der Waals surface area contributed by atoms with E-state index in [1.807, 2.05) is 6.92 Å². The molecule has 1 aromatic rings. The standard InChI is InChI=1S/C12H18N2O2S/c1-3-14-6-5-8-9(7-14)11(13)17-10(8)12(15)16-4-2/h3-7,13H2,1-2H3. The number of hydrogen-bond acceptors (Lipinski definition) is 5. The number of likely N-dealkylation sites (N-methyl/N-ethyl adjacent to an activating group) is 1. The van der Waals surface area contributed by atoms with Gasteiger partial charge in [0.15, 0.2) is 0 Å². The number of carbonyl (C=O) groups excluding carboxylic acids is 1. The third-order valence-corrected chi connectivity index (χ3v) is 4.20. The second kappa shape index (κ2) is 5.06. The molecule has 2 N–H and O–H groups in total. The fourth-order valence-corrected chi connectivity index (χ4v) is 3.18. The summed E-state index contributed by atoms with van der Waals surface area (Å²) in [5.41, 5.74) is 8.23. The number of hydrogen-bond donors (Lipinski definition) is 1. The summed E-state index contributed by atoms with van der Waals surface area (Å²) < 4.78 is 5.06. The molecule has 1 aromatic heterocycles. The van der Waals surface area contributed by atoms with Gasteiger partial charge in [-0.15, -0.1) is 11.3 Å². The van der Waals surface area contributed by atoms with Crippen LogP contribution in [-0.2, 0) is 17.7 Å². The van der Waals surface area contributed by atoms with Crippen LogP contribution in [-0.4, -0.2) is 30.6 Å². The average Bonchev–Trinajstić information content (AvgIpc) is 2.67. The van der Waals surface area contributed by atoms with E-state index in [0.29, 0.717) is 11.5 Å². The lowest BCUT2D eigenvalue weighted by atomic mass is 10.0. The molecule has 0 aromatic carbocycles. The van der Waals surface area contributed by atoms with Gasteiger partial charge in [0.1, 0.15) is 4.88 Å². The number of fused-ring (bicyclic) bond motifs is 1. The van der Waals surface area contributed by atoms with Crippen molar-refractivity contribution in [1.82, 2.24) is 4.90 Å². The number of carbonyl (C=O) groups is 1. The van der Waals surface area contributed by atoms with Gasteiger partial charge in [-0.25, -0.2) is 4.79 Å². The molecular weight excluding hydrogens is 236 g/mol. The molecule has 2 rings (SSSR count). The normalized spacial score (nSPS) is 15.6. The van der Waals surface area contributed by atoms with Crippen molar-refractivity contribution in [2.75, 3.05) is 25.4 Å². The quantitative estimate of drug-likeness (QED) is 0.837. The van der Waals surface area contributed by atoms with Gasteiger partial charge in [-0.1, -0.05) is 6.92 Å². The van der Waals surface area contributed by atoms with Crippen molar-refractivity contribution >= 4 is 22.3 Å². The molecule has 0 fully saturated rings. The Balaban J connectivity index is 2.30. The highest BCUT2D eigenvalue weighted by Crippen LogP contribution is 2.35. The lowest BCUT2D eigenvalue weighted by Gasteiger charge is -2.26. The number of thiophene rings is 1. The molecule has 0 saturated heterocycles. The molecule has 4 nitrogen and oxygen atoms in total. The molecule has 0 bridgehead atoms. The Morgan fingerprint density at radius 1 is 1.47 bits per heavy atom. The average molecular weight is 254 g/mol. The van der Waals surface area contributed by atoms with E-state index < -0.39 is 0 Å². The molecule has 0 spiro atoms. The maximum atomic E-state index is 11.8. The Bertz CT molecular complexity index is 428. The summed E-state index contributed by atoms with van der Waals surface area (Å²) in [6.45, 7) is 7.23. The van der Waals surface area contributed by atoms with Gasteiger partial charge in [0.25, 0.3) is 0 Å². The minimum atomic E-state index is -0.226. The van der Waals surface area contributed by atoms with Crippen LogP contribution in [0.5, 0.6) is 0 Å². The number of esters is 1. The first kappa shape index (κ1) is 12.4. The monoisotopic (exact) mass is 254 g/mol. The van der Waals surface area contributed by atoms with Crippen LogP contribution in [0, 0.1) is 0 Å². The molecule has 0 amide bonds. The molecule has 0 radical (unpaired) electrons. The molecule has 1 aliphatic heterocycles. The zero-order valence-corrected chi connectivity index (χ0v) is 11.1. The number of nitrogens with two attached hydrogens (primary N) is 1. The summed E-state index contributed by atoms with van der Waals surface area (Å²) in [5, 5.41) is 0.765. The van der Waals surface area contributed by atoms with E-state index in [2.05, 4.69) is 11.8 Å². The van der Waals surface area contributed by atoms with Gasteiger partial charge in [0, 0.05) is 18.7 Å². The molecule has 0 atom stereocenters. The van der Waals surface area contributed by atoms with E-state index in [9.17, 15) is 4.79 Å². The second-order valence-electron chi connectivity index (χ2n) is 4.09. The van der Waals surface area contributed by atoms with Crippen LogP contribution in [0.3, 0.4) is 0 Å². The molecule has 94 valence electrons. The molecule has 1 aliphatic rings. The number of anilines is 1. The van der Waals surface area contributed by atoms with Crippen LogP contribution < -0.4 is 5.73 Å². The van der Waals surface area contributed by atoms with E-state index in [4.69, 9.17) is 10.5 Å². The maximum absolute atomic E-state index is 11.8. The zero-order valence-electron chi connectivity index (χ0n) is 10.3. The number of ether oxygens (including phenoxy) is 1. The highest BCUT2D eigenvalue weighted by Gasteiger charge is 2.26. The van der Waals surface area contributed by atoms with Gasteiger partial charge < -0.3 is 10.5 Å². The van der Waals surface area contributed by atoms with Gasteiger partial charge in [0.05, 0.1) is 11.6 Å². The van der Waals surface area contributed by atoms with Crippen molar-refractivity contribution in [2.45, 2.75) is 26.8 Å². The fraction of sp³-hybridized carbons (Fsp3) is 0.583. The van der Waals surface area contributed by atoms with Crippen molar-refractivity contribution in [3.8, 4) is 0 Å². The van der Waals surface area contributed by atoms with Crippen molar-refractivity contribution in [1.29, 1.82) is 0 Å². The second-order valence-corrected chi connectivity index (χ2v) is 5.14. The molecular formula is C12H18N2O2S. The summed E-state index contributed by atoms with van der Waals surface area (Å²) in [6, 6.07) is 0. The van der Waals surface area contributed by atoms with E-state index in [0.717, 1.165) is 42.2 Å². The Kier molecular flexibility index (Phi) is 3.69. The molecule has 5 heteroatoms. The van der Waals surface area contributed by atoms with Gasteiger partial charge in [-0.2, -0.15) is 0 Å². The van der Waals surface area contributed by atoms with Crippen molar-refractivity contribution in [3.63, 3.8) is 0 Å². The first-order valence-corrected chi connectivity index (χ1v) is 6.78. The van der Waals surface area contributed by atoms with Crippen LogP contribution in [0.2, 0.25) is 0 Å². The highest BCUT2D eigenvalue weighted by atomic mass is 32.1. The number of nitrogens with zero attached hydrogens (tertiary/aromatic N) is 1. The van der Waals surface area contributed by atoms with E-state index in [1.165, 1.54) is 11.3 Å². The van der Waals surface area contributed by atoms with Crippen LogP contribution in [0.15, 0.2) is 0 Å². The van der Waals surface area contributed by atoms with E-state index in [-0.39, 0.29) is 5.97 Å². The highest BCUT2D eigenvalue weighted by molar-refractivity contribution is 7.18. The third kappa shape index (κ3) is 2.30. The van der Waals surface area contributed by atoms with Crippen molar-refractivity contribution in [3.05, 3.63) is 16.0 Å². The van der Waals surface area contributed by atoms with Crippen LogP contribution >= 0.6 is 11.3 Å². The predicted octanol–water partition coefficient (Wildman–Crippen LogP) is 1.89. The SMILES string of the molecule is CCOC(=O)c1sc(N)c2c1CCN(CC)C2. The topological polar surface area (TPSA) is 55.6 Å². The van der Waals surface area contributed by atoms with Crippen molar-refractivity contribution in [2.24, 2.45) is 0 Å². The Hall–Kier alpha value is -1.07. The molecule has 0 unspecified atom stereocenters. The summed E-state index contributed by atoms with van der Waals surface area (Å²) >= 11 is 1.37. The predicted molar refractivity (Wildman–Crippen MR) is 69.3 cm³/mol. The van der Waals surface area contributed by atoms with Crippen LogP contribution in [0.25, 0.3) is 0 Å². The van der Waals surface area contributed by atoms with Gasteiger partial charge in [-0.3, -0.25) is 4.90 Å². The van der Waals surface area contributed by atoms with E-state index in [1.54, 1.807) is 0 Å². The minimum absolute atomic E-state index is 0.226. The third-order valence-electron chi connectivity index (χ3n) is 3.12. The largest absolute Gasteiger partial charge is 0.462 e. The number of nitrogen functional groups attached to an aromatic ring is 1. The van der Waals surface area contributed by atoms with Crippen LogP contribution in [0.1, 0.15) is 34.6 Å².